The number of carboxylic acid groups (broad SMARTS) is 1. The van der Waals surface area contributed by atoms with Crippen LogP contribution < -0.4 is 5.32 Å². The standard InChI is InChI=1S/C25H28N2O6/c1-3-14-27(15-23(28)29)24(30)22(32-2)12-13-26-25(31)33-16-21-19-10-6-4-8-17(19)18-9-5-7-11-20(18)21/h3-11,21-22H,1,12-16H2,2H3,(H,26,31)(H,28,29). The van der Waals surface area contributed by atoms with Gasteiger partial charge < -0.3 is 24.8 Å². The monoisotopic (exact) mass is 452 g/mol. The minimum absolute atomic E-state index is 0.0417. The minimum atomic E-state index is -1.13. The summed E-state index contributed by atoms with van der Waals surface area (Å²) in [6.07, 6.45) is 0.140. The molecule has 2 amide bonds. The third kappa shape index (κ3) is 5.78. The number of ether oxygens (including phenoxy) is 2. The van der Waals surface area contributed by atoms with Crippen molar-refractivity contribution >= 4 is 18.0 Å². The number of rotatable bonds is 11. The van der Waals surface area contributed by atoms with Gasteiger partial charge in [-0.05, 0) is 22.3 Å². The molecule has 8 heteroatoms. The Hall–Kier alpha value is -3.65. The van der Waals surface area contributed by atoms with Gasteiger partial charge in [0.15, 0.2) is 0 Å². The Balaban J connectivity index is 1.52. The quantitative estimate of drug-likeness (QED) is 0.508. The molecular weight excluding hydrogens is 424 g/mol. The molecule has 0 spiro atoms. The van der Waals surface area contributed by atoms with Crippen molar-refractivity contribution in [3.05, 3.63) is 72.3 Å². The van der Waals surface area contributed by atoms with Crippen molar-refractivity contribution < 1.29 is 29.0 Å². The molecule has 1 aliphatic carbocycles. The molecule has 174 valence electrons. The predicted molar refractivity (Wildman–Crippen MR) is 123 cm³/mol. The fraction of sp³-hybridized carbons (Fsp3) is 0.320. The van der Waals surface area contributed by atoms with Gasteiger partial charge in [0.25, 0.3) is 5.91 Å². The maximum absolute atomic E-state index is 12.6. The molecule has 8 nitrogen and oxygen atoms in total. The van der Waals surface area contributed by atoms with E-state index >= 15 is 0 Å². The van der Waals surface area contributed by atoms with Crippen molar-refractivity contribution in [3.63, 3.8) is 0 Å². The van der Waals surface area contributed by atoms with Gasteiger partial charge in [-0.15, -0.1) is 6.58 Å². The molecule has 1 aliphatic rings. The number of nitrogens with one attached hydrogen (secondary N) is 1. The van der Waals surface area contributed by atoms with Gasteiger partial charge in [0, 0.05) is 32.5 Å². The Labute approximate surface area is 192 Å². The lowest BCUT2D eigenvalue weighted by Gasteiger charge is -2.24. The first kappa shape index (κ1) is 24.0. The number of fused-ring (bicyclic) bond motifs is 3. The number of carbonyl (C=O) groups is 3. The van der Waals surface area contributed by atoms with Gasteiger partial charge >= 0.3 is 12.1 Å². The number of benzene rings is 2. The highest BCUT2D eigenvalue weighted by atomic mass is 16.5. The predicted octanol–water partition coefficient (Wildman–Crippen LogP) is 3.03. The van der Waals surface area contributed by atoms with Crippen LogP contribution in [0, 0.1) is 0 Å². The van der Waals surface area contributed by atoms with E-state index in [1.807, 2.05) is 36.4 Å². The smallest absolute Gasteiger partial charge is 0.407 e. The molecule has 2 aromatic carbocycles. The van der Waals surface area contributed by atoms with Crippen molar-refractivity contribution in [1.82, 2.24) is 10.2 Å². The van der Waals surface area contributed by atoms with Crippen LogP contribution in [-0.2, 0) is 19.1 Å². The van der Waals surface area contributed by atoms with E-state index in [4.69, 9.17) is 14.6 Å². The van der Waals surface area contributed by atoms with Gasteiger partial charge in [-0.25, -0.2) is 4.79 Å². The van der Waals surface area contributed by atoms with Gasteiger partial charge in [0.1, 0.15) is 19.3 Å². The van der Waals surface area contributed by atoms with E-state index in [0.29, 0.717) is 0 Å². The maximum Gasteiger partial charge on any atom is 0.407 e. The lowest BCUT2D eigenvalue weighted by atomic mass is 9.98. The third-order valence-corrected chi connectivity index (χ3v) is 5.57. The molecule has 0 aromatic heterocycles. The first-order chi connectivity index (χ1) is 16.0. The molecule has 1 unspecified atom stereocenters. The maximum atomic E-state index is 12.6. The average Bonchev–Trinajstić information content (AvgIpc) is 3.13. The van der Waals surface area contributed by atoms with Crippen LogP contribution >= 0.6 is 0 Å². The van der Waals surface area contributed by atoms with Gasteiger partial charge in [-0.2, -0.15) is 0 Å². The van der Waals surface area contributed by atoms with Gasteiger partial charge in [0.05, 0.1) is 0 Å². The molecule has 0 aliphatic heterocycles. The number of methoxy groups -OCH3 is 1. The Kier molecular flexibility index (Phi) is 8.21. The summed E-state index contributed by atoms with van der Waals surface area (Å²) in [5.74, 6) is -1.65. The van der Waals surface area contributed by atoms with E-state index in [-0.39, 0.29) is 32.0 Å². The highest BCUT2D eigenvalue weighted by Gasteiger charge is 2.29. The van der Waals surface area contributed by atoms with E-state index in [9.17, 15) is 14.4 Å². The molecule has 0 fully saturated rings. The summed E-state index contributed by atoms with van der Waals surface area (Å²) < 4.78 is 10.7. The van der Waals surface area contributed by atoms with Crippen LogP contribution in [-0.4, -0.2) is 67.4 Å². The summed E-state index contributed by atoms with van der Waals surface area (Å²) >= 11 is 0. The van der Waals surface area contributed by atoms with Crippen molar-refractivity contribution in [2.75, 3.05) is 33.4 Å². The summed E-state index contributed by atoms with van der Waals surface area (Å²) in [5, 5.41) is 11.6. The number of nitrogens with zero attached hydrogens (tertiary/aromatic N) is 1. The fourth-order valence-electron chi connectivity index (χ4n) is 4.05. The van der Waals surface area contributed by atoms with E-state index in [1.54, 1.807) is 0 Å². The molecule has 33 heavy (non-hydrogen) atoms. The van der Waals surface area contributed by atoms with Crippen molar-refractivity contribution in [2.24, 2.45) is 0 Å². The summed E-state index contributed by atoms with van der Waals surface area (Å²) in [6.45, 7) is 3.50. The Morgan fingerprint density at radius 3 is 2.27 bits per heavy atom. The minimum Gasteiger partial charge on any atom is -0.480 e. The van der Waals surface area contributed by atoms with Crippen LogP contribution in [0.4, 0.5) is 4.79 Å². The number of amides is 2. The zero-order valence-electron chi connectivity index (χ0n) is 18.5. The number of carboxylic acids is 1. The van der Waals surface area contributed by atoms with Crippen LogP contribution in [0.25, 0.3) is 11.1 Å². The molecule has 0 saturated heterocycles. The van der Waals surface area contributed by atoms with Crippen molar-refractivity contribution in [1.29, 1.82) is 0 Å². The highest BCUT2D eigenvalue weighted by molar-refractivity contribution is 5.85. The Morgan fingerprint density at radius 2 is 1.73 bits per heavy atom. The normalized spacial score (nSPS) is 12.9. The average molecular weight is 453 g/mol. The molecule has 2 aromatic rings. The molecule has 0 radical (unpaired) electrons. The Morgan fingerprint density at radius 1 is 1.12 bits per heavy atom. The summed E-state index contributed by atoms with van der Waals surface area (Å²) in [5.41, 5.74) is 4.54. The van der Waals surface area contributed by atoms with E-state index in [1.165, 1.54) is 13.2 Å². The van der Waals surface area contributed by atoms with E-state index < -0.39 is 30.6 Å². The molecule has 0 saturated carbocycles. The van der Waals surface area contributed by atoms with Crippen LogP contribution in [0.2, 0.25) is 0 Å². The largest absolute Gasteiger partial charge is 0.480 e. The van der Waals surface area contributed by atoms with Crippen molar-refractivity contribution in [3.8, 4) is 11.1 Å². The molecule has 2 N–H and O–H groups in total. The first-order valence-corrected chi connectivity index (χ1v) is 10.7. The van der Waals surface area contributed by atoms with Crippen LogP contribution in [0.1, 0.15) is 23.5 Å². The van der Waals surface area contributed by atoms with Gasteiger partial charge in [-0.1, -0.05) is 54.6 Å². The number of alkyl carbamates (subject to hydrolysis) is 1. The molecule has 0 heterocycles. The number of aliphatic carboxylic acids is 1. The second kappa shape index (κ2) is 11.3. The van der Waals surface area contributed by atoms with E-state index in [2.05, 4.69) is 24.0 Å². The molecule has 1 atom stereocenters. The lowest BCUT2D eigenvalue weighted by molar-refractivity contribution is -0.149. The molecule has 3 rings (SSSR count). The van der Waals surface area contributed by atoms with Crippen LogP contribution in [0.5, 0.6) is 0 Å². The summed E-state index contributed by atoms with van der Waals surface area (Å²) in [7, 11) is 1.36. The van der Waals surface area contributed by atoms with Crippen LogP contribution in [0.3, 0.4) is 0 Å². The topological polar surface area (TPSA) is 105 Å². The fourth-order valence-corrected chi connectivity index (χ4v) is 4.05. The highest BCUT2D eigenvalue weighted by Crippen LogP contribution is 2.44. The first-order valence-electron chi connectivity index (χ1n) is 10.7. The summed E-state index contributed by atoms with van der Waals surface area (Å²) in [6, 6.07) is 16.1. The number of hydrogen-bond acceptors (Lipinski definition) is 5. The number of hydrogen-bond donors (Lipinski definition) is 2. The lowest BCUT2D eigenvalue weighted by Crippen LogP contribution is -2.44. The molecular formula is C25H28N2O6. The Bertz CT molecular complexity index is 976. The van der Waals surface area contributed by atoms with Gasteiger partial charge in [0.2, 0.25) is 0 Å². The summed E-state index contributed by atoms with van der Waals surface area (Å²) in [4.78, 5) is 37.0. The molecule has 0 bridgehead atoms. The van der Waals surface area contributed by atoms with E-state index in [0.717, 1.165) is 27.2 Å². The van der Waals surface area contributed by atoms with Crippen LogP contribution in [0.15, 0.2) is 61.2 Å². The second-order valence-corrected chi connectivity index (χ2v) is 7.67. The number of carbonyl (C=O) groups excluding carboxylic acids is 2. The SMILES string of the molecule is C=CCN(CC(=O)O)C(=O)C(CCNC(=O)OCC1c2ccccc2-c2ccccc21)OC. The third-order valence-electron chi connectivity index (χ3n) is 5.57. The second-order valence-electron chi connectivity index (χ2n) is 7.67. The zero-order valence-corrected chi connectivity index (χ0v) is 18.5. The van der Waals surface area contributed by atoms with Gasteiger partial charge in [-0.3, -0.25) is 9.59 Å². The zero-order chi connectivity index (χ0) is 23.8. The van der Waals surface area contributed by atoms with Crippen molar-refractivity contribution in [2.45, 2.75) is 18.4 Å².